The molecule has 3 aromatic heterocycles. The molecule has 0 radical (unpaired) electrons. The third kappa shape index (κ3) is 5.68. The van der Waals surface area contributed by atoms with Crippen molar-refractivity contribution in [1.82, 2.24) is 40.7 Å². The Balaban J connectivity index is 1.36. The standard InChI is InChI=1S/C25H20ClN9O2/c26-18-9-10-21(35-15-28-33-34-35)17(14-18)8-11-22(36)29-20(13-16-5-2-1-3-6-16)25(37)30-24-19-7-4-12-27-23(19)31-32-24/h1-12,14-15,20H,13H2,(H,29,36)(H2,27,30,31,32,37)/b11-8+. The molecule has 12 heteroatoms. The van der Waals surface area contributed by atoms with Gasteiger partial charge in [0, 0.05) is 29.3 Å². The number of anilines is 1. The molecular weight excluding hydrogens is 494 g/mol. The molecule has 37 heavy (non-hydrogen) atoms. The van der Waals surface area contributed by atoms with Crippen LogP contribution >= 0.6 is 11.6 Å². The maximum absolute atomic E-state index is 13.3. The second-order valence-corrected chi connectivity index (χ2v) is 8.44. The van der Waals surface area contributed by atoms with Gasteiger partial charge in [-0.15, -0.1) is 5.10 Å². The third-order valence-electron chi connectivity index (χ3n) is 5.49. The molecule has 11 nitrogen and oxygen atoms in total. The van der Waals surface area contributed by atoms with Crippen LogP contribution in [0.1, 0.15) is 11.1 Å². The van der Waals surface area contributed by atoms with E-state index in [9.17, 15) is 9.59 Å². The number of pyridine rings is 1. The van der Waals surface area contributed by atoms with Crippen molar-refractivity contribution in [2.75, 3.05) is 5.32 Å². The predicted molar refractivity (Wildman–Crippen MR) is 138 cm³/mol. The first kappa shape index (κ1) is 23.8. The zero-order valence-electron chi connectivity index (χ0n) is 19.2. The Morgan fingerprint density at radius 1 is 1.11 bits per heavy atom. The Hall–Kier alpha value is -4.90. The Morgan fingerprint density at radius 3 is 2.78 bits per heavy atom. The van der Waals surface area contributed by atoms with Crippen LogP contribution < -0.4 is 10.6 Å². The van der Waals surface area contributed by atoms with Crippen LogP contribution in [0, 0.1) is 0 Å². The number of carbonyl (C=O) groups is 2. The molecule has 3 N–H and O–H groups in total. The molecule has 5 aromatic rings. The highest BCUT2D eigenvalue weighted by Crippen LogP contribution is 2.21. The number of fused-ring (bicyclic) bond motifs is 1. The molecule has 0 aliphatic carbocycles. The molecule has 3 heterocycles. The molecule has 0 saturated carbocycles. The van der Waals surface area contributed by atoms with Crippen molar-refractivity contribution in [2.45, 2.75) is 12.5 Å². The lowest BCUT2D eigenvalue weighted by atomic mass is 10.0. The molecule has 0 aliphatic heterocycles. The van der Waals surface area contributed by atoms with Gasteiger partial charge in [-0.2, -0.15) is 9.78 Å². The summed E-state index contributed by atoms with van der Waals surface area (Å²) in [6, 6.07) is 17.2. The summed E-state index contributed by atoms with van der Waals surface area (Å²) in [5.41, 5.74) is 2.69. The lowest BCUT2D eigenvalue weighted by Crippen LogP contribution is -2.44. The molecule has 184 valence electrons. The van der Waals surface area contributed by atoms with E-state index in [0.29, 0.717) is 33.1 Å². The average molecular weight is 514 g/mol. The first-order valence-electron chi connectivity index (χ1n) is 11.2. The molecule has 2 aromatic carbocycles. The zero-order chi connectivity index (χ0) is 25.6. The van der Waals surface area contributed by atoms with Gasteiger partial charge in [0.25, 0.3) is 0 Å². The number of H-pyrrole nitrogens is 1. The minimum atomic E-state index is -0.874. The molecule has 2 amide bonds. The number of aromatic nitrogens is 7. The molecule has 0 spiro atoms. The summed E-state index contributed by atoms with van der Waals surface area (Å²) in [5, 5.41) is 24.8. The van der Waals surface area contributed by atoms with E-state index in [0.717, 1.165) is 5.56 Å². The van der Waals surface area contributed by atoms with Crippen molar-refractivity contribution in [1.29, 1.82) is 0 Å². The summed E-state index contributed by atoms with van der Waals surface area (Å²) in [5.74, 6) is -0.548. The summed E-state index contributed by atoms with van der Waals surface area (Å²) in [6.07, 6.45) is 6.26. The number of tetrazole rings is 1. The van der Waals surface area contributed by atoms with Gasteiger partial charge in [0.2, 0.25) is 11.8 Å². The van der Waals surface area contributed by atoms with Gasteiger partial charge in [0.15, 0.2) is 11.5 Å². The minimum Gasteiger partial charge on any atom is -0.340 e. The van der Waals surface area contributed by atoms with E-state index in [2.05, 4.69) is 41.3 Å². The van der Waals surface area contributed by atoms with Crippen molar-refractivity contribution in [3.05, 3.63) is 95.4 Å². The molecule has 0 aliphatic rings. The third-order valence-corrected chi connectivity index (χ3v) is 5.73. The van der Waals surface area contributed by atoms with E-state index in [4.69, 9.17) is 11.6 Å². The van der Waals surface area contributed by atoms with Crippen LogP contribution in [0.15, 0.2) is 79.3 Å². The highest BCUT2D eigenvalue weighted by molar-refractivity contribution is 6.30. The first-order chi connectivity index (χ1) is 18.1. The highest BCUT2D eigenvalue weighted by atomic mass is 35.5. The van der Waals surface area contributed by atoms with Gasteiger partial charge in [-0.3, -0.25) is 14.7 Å². The number of nitrogens with zero attached hydrogens (tertiary/aromatic N) is 6. The normalized spacial score (nSPS) is 12.0. The SMILES string of the molecule is O=C(/C=C/c1cc(Cl)ccc1-n1cnnn1)NC(Cc1ccccc1)C(=O)Nc1n[nH]c2ncccc12. The topological polar surface area (TPSA) is 143 Å². The number of rotatable bonds is 8. The van der Waals surface area contributed by atoms with Crippen molar-refractivity contribution in [3.8, 4) is 5.69 Å². The fourth-order valence-corrected chi connectivity index (χ4v) is 3.92. The first-order valence-corrected chi connectivity index (χ1v) is 11.6. The average Bonchev–Trinajstić information content (AvgIpc) is 3.59. The summed E-state index contributed by atoms with van der Waals surface area (Å²) >= 11 is 6.16. The number of halogens is 1. The Kier molecular flexibility index (Phi) is 6.95. The van der Waals surface area contributed by atoms with Crippen molar-refractivity contribution >= 4 is 46.3 Å². The molecule has 0 fully saturated rings. The quantitative estimate of drug-likeness (QED) is 0.270. The Labute approximate surface area is 215 Å². The molecule has 0 saturated heterocycles. The van der Waals surface area contributed by atoms with Gasteiger partial charge in [-0.05, 0) is 52.4 Å². The van der Waals surface area contributed by atoms with Gasteiger partial charge in [0.1, 0.15) is 12.4 Å². The van der Waals surface area contributed by atoms with Crippen molar-refractivity contribution in [2.24, 2.45) is 0 Å². The van der Waals surface area contributed by atoms with Crippen LogP contribution in [0.4, 0.5) is 5.82 Å². The van der Waals surface area contributed by atoms with E-state index in [1.165, 1.54) is 17.1 Å². The smallest absolute Gasteiger partial charge is 0.248 e. The molecule has 0 bridgehead atoms. The van der Waals surface area contributed by atoms with Crippen LogP contribution in [0.25, 0.3) is 22.8 Å². The second-order valence-electron chi connectivity index (χ2n) is 8.00. The Bertz CT molecular complexity index is 1570. The number of nitrogens with one attached hydrogen (secondary N) is 3. The van der Waals surface area contributed by atoms with E-state index >= 15 is 0 Å². The predicted octanol–water partition coefficient (Wildman–Crippen LogP) is 2.97. The monoisotopic (exact) mass is 513 g/mol. The van der Waals surface area contributed by atoms with Crippen LogP contribution in [0.5, 0.6) is 0 Å². The summed E-state index contributed by atoms with van der Waals surface area (Å²) in [6.45, 7) is 0. The summed E-state index contributed by atoms with van der Waals surface area (Å²) < 4.78 is 1.46. The van der Waals surface area contributed by atoms with Crippen LogP contribution in [0.3, 0.4) is 0 Å². The largest absolute Gasteiger partial charge is 0.340 e. The van der Waals surface area contributed by atoms with E-state index in [1.54, 1.807) is 42.6 Å². The van der Waals surface area contributed by atoms with E-state index < -0.39 is 17.9 Å². The molecular formula is C25H20ClN9O2. The number of carbonyl (C=O) groups excluding carboxylic acids is 2. The number of hydrogen-bond acceptors (Lipinski definition) is 7. The van der Waals surface area contributed by atoms with Crippen LogP contribution in [-0.2, 0) is 16.0 Å². The lowest BCUT2D eigenvalue weighted by Gasteiger charge is -2.17. The second kappa shape index (κ2) is 10.8. The summed E-state index contributed by atoms with van der Waals surface area (Å²) in [7, 11) is 0. The minimum absolute atomic E-state index is 0.278. The van der Waals surface area contributed by atoms with Gasteiger partial charge < -0.3 is 10.6 Å². The molecule has 1 atom stereocenters. The van der Waals surface area contributed by atoms with E-state index in [-0.39, 0.29) is 6.42 Å². The lowest BCUT2D eigenvalue weighted by molar-refractivity contribution is -0.123. The van der Waals surface area contributed by atoms with Crippen LogP contribution in [-0.4, -0.2) is 53.2 Å². The molecule has 1 unspecified atom stereocenters. The fraction of sp³-hybridized carbons (Fsp3) is 0.0800. The number of amides is 2. The summed E-state index contributed by atoms with van der Waals surface area (Å²) in [4.78, 5) is 30.4. The van der Waals surface area contributed by atoms with Gasteiger partial charge in [0.05, 0.1) is 11.1 Å². The van der Waals surface area contributed by atoms with Crippen LogP contribution in [0.2, 0.25) is 5.02 Å². The zero-order valence-corrected chi connectivity index (χ0v) is 20.0. The highest BCUT2D eigenvalue weighted by Gasteiger charge is 2.22. The molecule has 5 rings (SSSR count). The van der Waals surface area contributed by atoms with E-state index in [1.807, 2.05) is 30.3 Å². The van der Waals surface area contributed by atoms with Gasteiger partial charge in [-0.1, -0.05) is 41.9 Å². The van der Waals surface area contributed by atoms with Gasteiger partial charge >= 0.3 is 0 Å². The number of benzene rings is 2. The maximum Gasteiger partial charge on any atom is 0.248 e. The van der Waals surface area contributed by atoms with Gasteiger partial charge in [-0.25, -0.2) is 4.98 Å². The fourth-order valence-electron chi connectivity index (χ4n) is 3.74. The maximum atomic E-state index is 13.3. The number of aromatic amines is 1. The Morgan fingerprint density at radius 2 is 1.97 bits per heavy atom. The number of hydrogen-bond donors (Lipinski definition) is 3. The van der Waals surface area contributed by atoms with Crippen molar-refractivity contribution < 1.29 is 9.59 Å². The van der Waals surface area contributed by atoms with Crippen molar-refractivity contribution in [3.63, 3.8) is 0 Å².